The summed E-state index contributed by atoms with van der Waals surface area (Å²) in [6.45, 7) is 6.13. The van der Waals surface area contributed by atoms with Gasteiger partial charge < -0.3 is 9.64 Å². The van der Waals surface area contributed by atoms with Crippen LogP contribution in [-0.2, 0) is 14.4 Å². The molecule has 2 N–H and O–H groups in total. The molecule has 3 fully saturated rings. The zero-order chi connectivity index (χ0) is 18.4. The van der Waals surface area contributed by atoms with Gasteiger partial charge in [0.1, 0.15) is 11.6 Å². The van der Waals surface area contributed by atoms with Crippen LogP contribution in [0.25, 0.3) is 0 Å². The molecule has 3 heterocycles. The smallest absolute Gasteiger partial charge is 0.412 e. The number of piperidine rings is 1. The Kier molecular flexibility index (Phi) is 4.50. The highest BCUT2D eigenvalue weighted by Gasteiger charge is 2.47. The number of ether oxygens (including phenoxy) is 1. The van der Waals surface area contributed by atoms with Crippen molar-refractivity contribution in [3.63, 3.8) is 0 Å². The third kappa shape index (κ3) is 3.49. The monoisotopic (exact) mass is 356 g/mol. The molecule has 3 saturated heterocycles. The molecule has 10 heteroatoms. The lowest BCUT2D eigenvalue weighted by Gasteiger charge is -2.40. The minimum Gasteiger partial charge on any atom is -0.444 e. The van der Waals surface area contributed by atoms with Gasteiger partial charge in [0, 0.05) is 19.5 Å². The first-order valence-corrected chi connectivity index (χ1v) is 8.41. The van der Waals surface area contributed by atoms with E-state index in [1.54, 1.807) is 20.8 Å². The van der Waals surface area contributed by atoms with Crippen LogP contribution in [-0.4, -0.2) is 75.1 Å². The molecule has 0 aliphatic carbocycles. The Morgan fingerprint density at radius 3 is 2.56 bits per heavy atom. The van der Waals surface area contributed by atoms with Crippen molar-refractivity contribution in [2.75, 3.05) is 13.1 Å². The van der Waals surface area contributed by atoms with Crippen LogP contribution < -0.4 is 5.48 Å². The standard InChI is InChI=1S/C15H24N4O6/c1-15(2,3)24-14(22)17-7-6-11(17)25-16-12(20)10-5-4-9-8-18(10)13(21)19(9)23/h9-11,23H,4-8H2,1-3H3,(H,16,20)/t9-,10+,11?/m1/s1. The summed E-state index contributed by atoms with van der Waals surface area (Å²) in [7, 11) is 0. The Morgan fingerprint density at radius 2 is 1.96 bits per heavy atom. The summed E-state index contributed by atoms with van der Waals surface area (Å²) >= 11 is 0. The molecule has 3 aliphatic heterocycles. The first kappa shape index (κ1) is 17.7. The number of likely N-dealkylation sites (tertiary alicyclic amines) is 1. The molecule has 0 spiro atoms. The molecule has 0 saturated carbocycles. The Balaban J connectivity index is 1.50. The van der Waals surface area contributed by atoms with E-state index in [0.717, 1.165) is 0 Å². The molecule has 25 heavy (non-hydrogen) atoms. The van der Waals surface area contributed by atoms with Crippen molar-refractivity contribution in [1.82, 2.24) is 20.3 Å². The summed E-state index contributed by atoms with van der Waals surface area (Å²) in [6, 6.07) is -1.51. The number of hydrogen-bond donors (Lipinski definition) is 2. The van der Waals surface area contributed by atoms with Crippen molar-refractivity contribution in [3.8, 4) is 0 Å². The molecule has 0 aromatic heterocycles. The van der Waals surface area contributed by atoms with E-state index in [0.29, 0.717) is 37.4 Å². The number of nitrogens with zero attached hydrogens (tertiary/aromatic N) is 3. The van der Waals surface area contributed by atoms with Crippen LogP contribution in [0.1, 0.15) is 40.0 Å². The van der Waals surface area contributed by atoms with Crippen molar-refractivity contribution in [3.05, 3.63) is 0 Å². The van der Waals surface area contributed by atoms with E-state index in [2.05, 4.69) is 5.48 Å². The van der Waals surface area contributed by atoms with Gasteiger partial charge in [-0.3, -0.25) is 14.9 Å². The van der Waals surface area contributed by atoms with Gasteiger partial charge in [0.25, 0.3) is 5.91 Å². The molecular formula is C15H24N4O6. The first-order chi connectivity index (χ1) is 11.7. The van der Waals surface area contributed by atoms with Crippen molar-refractivity contribution in [2.24, 2.45) is 0 Å². The molecule has 10 nitrogen and oxygen atoms in total. The molecule has 0 aromatic rings. The van der Waals surface area contributed by atoms with Crippen LogP contribution >= 0.6 is 0 Å². The molecule has 140 valence electrons. The lowest BCUT2D eigenvalue weighted by molar-refractivity contribution is -0.174. The van der Waals surface area contributed by atoms with Gasteiger partial charge in [0.05, 0.1) is 6.04 Å². The number of urea groups is 1. The maximum atomic E-state index is 12.3. The Bertz CT molecular complexity index is 577. The molecule has 3 atom stereocenters. The number of carbonyl (C=O) groups is 3. The largest absolute Gasteiger partial charge is 0.444 e. The maximum Gasteiger partial charge on any atom is 0.412 e. The van der Waals surface area contributed by atoms with Crippen molar-refractivity contribution >= 4 is 18.0 Å². The molecule has 0 aromatic carbocycles. The Labute approximate surface area is 145 Å². The molecule has 1 unspecified atom stereocenters. The first-order valence-electron chi connectivity index (χ1n) is 8.41. The Hall–Kier alpha value is -2.07. The average molecular weight is 356 g/mol. The van der Waals surface area contributed by atoms with Crippen LogP contribution in [0.4, 0.5) is 9.59 Å². The number of amides is 4. The van der Waals surface area contributed by atoms with Crippen molar-refractivity contribution in [2.45, 2.75) is 63.9 Å². The van der Waals surface area contributed by atoms with Crippen molar-refractivity contribution < 1.29 is 29.2 Å². The molecule has 2 bridgehead atoms. The number of hydroxylamine groups is 3. The normalized spacial score (nSPS) is 28.7. The molecule has 3 rings (SSSR count). The summed E-state index contributed by atoms with van der Waals surface area (Å²) in [6.07, 6.45) is 0.495. The topological polar surface area (TPSA) is 112 Å². The van der Waals surface area contributed by atoms with Gasteiger partial charge in [-0.25, -0.2) is 25.0 Å². The zero-order valence-corrected chi connectivity index (χ0v) is 14.6. The van der Waals surface area contributed by atoms with Crippen LogP contribution in [0.2, 0.25) is 0 Å². The van der Waals surface area contributed by atoms with E-state index in [4.69, 9.17) is 9.57 Å². The van der Waals surface area contributed by atoms with Crippen LogP contribution in [0.5, 0.6) is 0 Å². The van der Waals surface area contributed by atoms with E-state index in [1.807, 2.05) is 0 Å². The second kappa shape index (κ2) is 6.34. The van der Waals surface area contributed by atoms with Gasteiger partial charge in [-0.1, -0.05) is 0 Å². The Morgan fingerprint density at radius 1 is 1.24 bits per heavy atom. The quantitative estimate of drug-likeness (QED) is 0.567. The minimum absolute atomic E-state index is 0.258. The van der Waals surface area contributed by atoms with Gasteiger partial charge in [0.15, 0.2) is 6.23 Å². The molecule has 0 radical (unpaired) electrons. The van der Waals surface area contributed by atoms with E-state index in [9.17, 15) is 19.6 Å². The average Bonchev–Trinajstić information content (AvgIpc) is 2.69. The molecule has 4 amide bonds. The molecular weight excluding hydrogens is 332 g/mol. The summed E-state index contributed by atoms with van der Waals surface area (Å²) in [5.41, 5.74) is 1.73. The number of fused-ring (bicyclic) bond motifs is 2. The lowest BCUT2D eigenvalue weighted by atomic mass is 10.0. The maximum absolute atomic E-state index is 12.3. The highest BCUT2D eigenvalue weighted by Crippen LogP contribution is 2.28. The number of rotatable bonds is 3. The minimum atomic E-state index is -0.684. The fraction of sp³-hybridized carbons (Fsp3) is 0.800. The van der Waals surface area contributed by atoms with Gasteiger partial charge in [-0.15, -0.1) is 0 Å². The lowest BCUT2D eigenvalue weighted by Crippen LogP contribution is -2.57. The van der Waals surface area contributed by atoms with Crippen molar-refractivity contribution in [1.29, 1.82) is 0 Å². The van der Waals surface area contributed by atoms with E-state index in [1.165, 1.54) is 9.80 Å². The van der Waals surface area contributed by atoms with E-state index < -0.39 is 35.9 Å². The summed E-state index contributed by atoms with van der Waals surface area (Å²) in [5.74, 6) is -0.460. The zero-order valence-electron chi connectivity index (χ0n) is 14.6. The third-order valence-corrected chi connectivity index (χ3v) is 4.54. The van der Waals surface area contributed by atoms with Crippen LogP contribution in [0, 0.1) is 0 Å². The second-order valence-corrected chi connectivity index (χ2v) is 7.53. The van der Waals surface area contributed by atoms with Crippen LogP contribution in [0.3, 0.4) is 0 Å². The predicted octanol–water partition coefficient (Wildman–Crippen LogP) is 0.659. The third-order valence-electron chi connectivity index (χ3n) is 4.54. The van der Waals surface area contributed by atoms with E-state index in [-0.39, 0.29) is 6.04 Å². The summed E-state index contributed by atoms with van der Waals surface area (Å²) < 4.78 is 5.27. The van der Waals surface area contributed by atoms with Gasteiger partial charge in [-0.05, 0) is 33.6 Å². The van der Waals surface area contributed by atoms with Crippen LogP contribution in [0.15, 0.2) is 0 Å². The number of carbonyl (C=O) groups excluding carboxylic acids is 3. The second-order valence-electron chi connectivity index (χ2n) is 7.53. The fourth-order valence-electron chi connectivity index (χ4n) is 3.13. The fourth-order valence-corrected chi connectivity index (χ4v) is 3.13. The highest BCUT2D eigenvalue weighted by molar-refractivity contribution is 5.87. The SMILES string of the molecule is CC(C)(C)OC(=O)N1CCC1ONC(=O)[C@@H]1CC[C@@H]2CN1C(=O)N2O. The van der Waals surface area contributed by atoms with Gasteiger partial charge >= 0.3 is 12.1 Å². The highest BCUT2D eigenvalue weighted by atomic mass is 16.7. The number of nitrogens with one attached hydrogen (secondary N) is 1. The van der Waals surface area contributed by atoms with Gasteiger partial charge in [0.2, 0.25) is 0 Å². The predicted molar refractivity (Wildman–Crippen MR) is 83.1 cm³/mol. The summed E-state index contributed by atoms with van der Waals surface area (Å²) in [5, 5.41) is 10.3. The van der Waals surface area contributed by atoms with Gasteiger partial charge in [-0.2, -0.15) is 0 Å². The summed E-state index contributed by atoms with van der Waals surface area (Å²) in [4.78, 5) is 44.3. The number of hydrogen-bond acceptors (Lipinski definition) is 6. The van der Waals surface area contributed by atoms with E-state index >= 15 is 0 Å². The molecule has 3 aliphatic rings.